The Balaban J connectivity index is 1.66. The van der Waals surface area contributed by atoms with Crippen molar-refractivity contribution in [1.82, 2.24) is 24.1 Å². The minimum Gasteiger partial charge on any atom is -0.489 e. The number of hydrogen-bond donors (Lipinski definition) is 1. The Labute approximate surface area is 208 Å². The molecule has 0 radical (unpaired) electrons. The summed E-state index contributed by atoms with van der Waals surface area (Å²) >= 11 is 6.10. The molecule has 184 valence electrons. The predicted molar refractivity (Wildman–Crippen MR) is 134 cm³/mol. The summed E-state index contributed by atoms with van der Waals surface area (Å²) in [6, 6.07) is 6.97. The molecule has 2 N–H and O–H groups in total. The lowest BCUT2D eigenvalue weighted by molar-refractivity contribution is 0.0820. The first kappa shape index (κ1) is 24.7. The first-order valence-corrected chi connectivity index (χ1v) is 11.6. The molecule has 4 aromatic rings. The van der Waals surface area contributed by atoms with Gasteiger partial charge in [0.2, 0.25) is 0 Å². The molecule has 0 saturated heterocycles. The van der Waals surface area contributed by atoms with Gasteiger partial charge in [-0.05, 0) is 37.7 Å². The molecule has 0 bridgehead atoms. The van der Waals surface area contributed by atoms with Crippen LogP contribution in [0.25, 0.3) is 16.8 Å². The van der Waals surface area contributed by atoms with Gasteiger partial charge < -0.3 is 19.8 Å². The molecule has 0 saturated carbocycles. The topological polar surface area (TPSA) is 90.7 Å². The van der Waals surface area contributed by atoms with Crippen molar-refractivity contribution in [2.24, 2.45) is 12.8 Å². The summed E-state index contributed by atoms with van der Waals surface area (Å²) in [7, 11) is 5.14. The highest BCUT2D eigenvalue weighted by Crippen LogP contribution is 2.36. The van der Waals surface area contributed by atoms with Gasteiger partial charge in [-0.15, -0.1) is 0 Å². The monoisotopic (exact) mass is 498 g/mol. The van der Waals surface area contributed by atoms with Crippen molar-refractivity contribution in [2.75, 3.05) is 27.2 Å². The number of carbonyl (C=O) groups is 1. The summed E-state index contributed by atoms with van der Waals surface area (Å²) in [6.45, 7) is 2.52. The Morgan fingerprint density at radius 2 is 2.00 bits per heavy atom. The van der Waals surface area contributed by atoms with Crippen LogP contribution in [0.5, 0.6) is 5.75 Å². The summed E-state index contributed by atoms with van der Waals surface area (Å²) in [4.78, 5) is 18.5. The number of benzene rings is 1. The van der Waals surface area contributed by atoms with Crippen LogP contribution in [0.15, 0.2) is 36.7 Å². The number of halogens is 2. The maximum Gasteiger partial charge on any atom is 0.274 e. The second-order valence-corrected chi connectivity index (χ2v) is 8.91. The number of carbonyl (C=O) groups excluding carboxylic acids is 1. The van der Waals surface area contributed by atoms with Crippen LogP contribution >= 0.6 is 11.6 Å². The Kier molecular flexibility index (Phi) is 7.09. The number of rotatable bonds is 8. The van der Waals surface area contributed by atoms with Gasteiger partial charge in [-0.1, -0.05) is 11.6 Å². The number of ether oxygens (including phenoxy) is 1. The third-order valence-corrected chi connectivity index (χ3v) is 6.30. The minimum absolute atomic E-state index is 0.0303. The van der Waals surface area contributed by atoms with E-state index in [1.807, 2.05) is 29.7 Å². The highest BCUT2D eigenvalue weighted by Gasteiger charge is 2.22. The van der Waals surface area contributed by atoms with Gasteiger partial charge in [0.1, 0.15) is 5.65 Å². The van der Waals surface area contributed by atoms with E-state index in [0.717, 1.165) is 28.2 Å². The van der Waals surface area contributed by atoms with Crippen molar-refractivity contribution >= 4 is 23.2 Å². The average Bonchev–Trinajstić information content (AvgIpc) is 3.36. The highest BCUT2D eigenvalue weighted by atomic mass is 35.5. The molecule has 35 heavy (non-hydrogen) atoms. The van der Waals surface area contributed by atoms with E-state index in [2.05, 4.69) is 10.1 Å². The highest BCUT2D eigenvalue weighted by molar-refractivity contribution is 6.31. The molecule has 0 aliphatic heterocycles. The number of nitrogens with two attached hydrogens (primary N) is 1. The normalized spacial score (nSPS) is 11.3. The first-order chi connectivity index (χ1) is 16.7. The number of imidazole rings is 1. The number of hydrogen-bond acceptors (Lipinski definition) is 5. The van der Waals surface area contributed by atoms with Crippen LogP contribution in [0.4, 0.5) is 4.39 Å². The fraction of sp³-hybridized carbons (Fsp3) is 0.320. The van der Waals surface area contributed by atoms with E-state index in [-0.39, 0.29) is 23.3 Å². The molecule has 1 aromatic carbocycles. The molecular weight excluding hydrogens is 471 g/mol. The molecular formula is C25H28ClFN6O2. The van der Waals surface area contributed by atoms with E-state index in [0.29, 0.717) is 30.6 Å². The van der Waals surface area contributed by atoms with Gasteiger partial charge in [0, 0.05) is 74.5 Å². The Morgan fingerprint density at radius 1 is 1.23 bits per heavy atom. The molecule has 0 aliphatic carbocycles. The lowest BCUT2D eigenvalue weighted by atomic mass is 10.1. The average molecular weight is 499 g/mol. The van der Waals surface area contributed by atoms with Gasteiger partial charge in [-0.2, -0.15) is 5.10 Å². The quantitative estimate of drug-likeness (QED) is 0.400. The van der Waals surface area contributed by atoms with Gasteiger partial charge in [0.25, 0.3) is 5.91 Å². The lowest BCUT2D eigenvalue weighted by Gasteiger charge is -2.15. The Hall–Kier alpha value is -3.43. The molecule has 0 fully saturated rings. The molecule has 10 heteroatoms. The fourth-order valence-electron chi connectivity index (χ4n) is 4.01. The van der Waals surface area contributed by atoms with Crippen molar-refractivity contribution in [2.45, 2.75) is 19.8 Å². The number of amides is 1. The maximum absolute atomic E-state index is 15.2. The predicted octanol–water partition coefficient (Wildman–Crippen LogP) is 3.66. The number of fused-ring (bicyclic) bond motifs is 1. The zero-order valence-corrected chi connectivity index (χ0v) is 20.9. The number of aryl methyl sites for hydroxylation is 1. The molecule has 3 heterocycles. The molecule has 0 unspecified atom stereocenters. The molecule has 4 rings (SSSR count). The Morgan fingerprint density at radius 3 is 2.71 bits per heavy atom. The van der Waals surface area contributed by atoms with E-state index in [1.165, 1.54) is 11.0 Å². The molecule has 3 aromatic heterocycles. The number of aromatic nitrogens is 4. The van der Waals surface area contributed by atoms with E-state index in [9.17, 15) is 4.79 Å². The van der Waals surface area contributed by atoms with Gasteiger partial charge in [0.05, 0.1) is 11.6 Å². The summed E-state index contributed by atoms with van der Waals surface area (Å²) in [5.74, 6) is -0.774. The summed E-state index contributed by atoms with van der Waals surface area (Å²) in [5.41, 5.74) is 10.8. The maximum atomic E-state index is 15.2. The van der Waals surface area contributed by atoms with Gasteiger partial charge >= 0.3 is 0 Å². The molecule has 8 nitrogen and oxygen atoms in total. The smallest absolute Gasteiger partial charge is 0.274 e. The van der Waals surface area contributed by atoms with Crippen LogP contribution in [0.1, 0.15) is 27.4 Å². The van der Waals surface area contributed by atoms with Crippen LogP contribution in [0.3, 0.4) is 0 Å². The Bertz CT molecular complexity index is 1390. The van der Waals surface area contributed by atoms with Crippen molar-refractivity contribution in [3.8, 4) is 16.9 Å². The molecule has 0 spiro atoms. The largest absolute Gasteiger partial charge is 0.489 e. The third kappa shape index (κ3) is 4.74. The molecule has 0 atom stereocenters. The zero-order valence-electron chi connectivity index (χ0n) is 20.2. The van der Waals surface area contributed by atoms with E-state index >= 15 is 4.39 Å². The minimum atomic E-state index is -0.635. The van der Waals surface area contributed by atoms with Crippen molar-refractivity contribution in [3.63, 3.8) is 0 Å². The van der Waals surface area contributed by atoms with Gasteiger partial charge in [-0.25, -0.2) is 9.37 Å². The fourth-order valence-corrected chi connectivity index (χ4v) is 4.16. The van der Waals surface area contributed by atoms with Crippen LogP contribution < -0.4 is 10.5 Å². The summed E-state index contributed by atoms with van der Waals surface area (Å²) in [5, 5.41) is 4.33. The summed E-state index contributed by atoms with van der Waals surface area (Å²) < 4.78 is 24.7. The van der Waals surface area contributed by atoms with Crippen molar-refractivity contribution in [1.29, 1.82) is 0 Å². The zero-order chi connectivity index (χ0) is 25.3. The molecule has 0 aliphatic rings. The van der Waals surface area contributed by atoms with Gasteiger partial charge in [0.15, 0.2) is 17.3 Å². The van der Waals surface area contributed by atoms with Gasteiger partial charge in [-0.3, -0.25) is 9.48 Å². The standard InChI is InChI=1S/C25H28ClFN6O2/c1-15-18(23(30-32(15)4)25(34)31(2)3)10-12-35-24-19(6-7-20(26)22(24)27)16-5-8-21-29-13-17(9-11-28)33(21)14-16/h5-8,13-14H,9-12,28H2,1-4H3. The van der Waals surface area contributed by atoms with E-state index < -0.39 is 5.82 Å². The molecule has 1 amide bonds. The second kappa shape index (κ2) is 10.1. The van der Waals surface area contributed by atoms with E-state index in [1.54, 1.807) is 38.1 Å². The van der Waals surface area contributed by atoms with E-state index in [4.69, 9.17) is 22.1 Å². The SMILES string of the molecule is Cc1c(CCOc2c(-c3ccc4ncc(CCN)n4c3)ccc(Cl)c2F)c(C(=O)N(C)C)nn1C. The van der Waals surface area contributed by atoms with Crippen LogP contribution in [-0.4, -0.2) is 57.2 Å². The van der Waals surface area contributed by atoms with Crippen LogP contribution in [0, 0.1) is 12.7 Å². The first-order valence-electron chi connectivity index (χ1n) is 11.2. The third-order valence-electron chi connectivity index (χ3n) is 6.01. The lowest BCUT2D eigenvalue weighted by Crippen LogP contribution is -2.23. The van der Waals surface area contributed by atoms with Crippen molar-refractivity contribution < 1.29 is 13.9 Å². The number of nitrogens with zero attached hydrogens (tertiary/aromatic N) is 5. The summed E-state index contributed by atoms with van der Waals surface area (Å²) in [6.07, 6.45) is 4.72. The van der Waals surface area contributed by atoms with Crippen LogP contribution in [0.2, 0.25) is 5.02 Å². The number of pyridine rings is 1. The van der Waals surface area contributed by atoms with Crippen molar-refractivity contribution in [3.05, 3.63) is 70.1 Å². The second-order valence-electron chi connectivity index (χ2n) is 8.51. The van der Waals surface area contributed by atoms with Crippen LogP contribution in [-0.2, 0) is 19.9 Å².